The van der Waals surface area contributed by atoms with E-state index in [9.17, 15) is 4.79 Å². The molecule has 0 aliphatic carbocycles. The highest BCUT2D eigenvalue weighted by molar-refractivity contribution is 5.84. The zero-order chi connectivity index (χ0) is 10.8. The fraction of sp³-hybridized carbons (Fsp3) is 0.417. The van der Waals surface area contributed by atoms with Gasteiger partial charge in [0.05, 0.1) is 0 Å². The lowest BCUT2D eigenvalue weighted by Gasteiger charge is -2.28. The Labute approximate surface area is 89.9 Å². The van der Waals surface area contributed by atoms with Gasteiger partial charge in [0.15, 0.2) is 0 Å². The molecule has 2 N–H and O–H groups in total. The number of carbonyl (C=O) groups excluding carboxylic acids is 1. The van der Waals surface area contributed by atoms with Gasteiger partial charge in [0.2, 0.25) is 5.91 Å². The third kappa shape index (κ3) is 2.18. The lowest BCUT2D eigenvalue weighted by molar-refractivity contribution is -0.125. The van der Waals surface area contributed by atoms with E-state index in [2.05, 4.69) is 10.6 Å². The molecule has 2 atom stereocenters. The maximum atomic E-state index is 11.7. The minimum Gasteiger partial charge on any atom is -0.351 e. The first-order valence-corrected chi connectivity index (χ1v) is 5.27. The van der Waals surface area contributed by atoms with Crippen molar-refractivity contribution >= 4 is 5.91 Å². The van der Waals surface area contributed by atoms with E-state index < -0.39 is 0 Å². The molecule has 0 aromatic heterocycles. The van der Waals surface area contributed by atoms with Crippen molar-refractivity contribution in [3.63, 3.8) is 0 Å². The normalized spacial score (nSPS) is 26.1. The monoisotopic (exact) mass is 204 g/mol. The lowest BCUT2D eigenvalue weighted by atomic mass is 10.0. The van der Waals surface area contributed by atoms with Crippen LogP contribution in [0.2, 0.25) is 0 Å². The Morgan fingerprint density at radius 3 is 2.87 bits per heavy atom. The smallest absolute Gasteiger partial charge is 0.241 e. The van der Waals surface area contributed by atoms with Crippen LogP contribution in [0.25, 0.3) is 0 Å². The van der Waals surface area contributed by atoms with E-state index in [1.54, 1.807) is 0 Å². The van der Waals surface area contributed by atoms with Gasteiger partial charge in [-0.05, 0) is 19.4 Å². The van der Waals surface area contributed by atoms with Gasteiger partial charge >= 0.3 is 0 Å². The van der Waals surface area contributed by atoms with Crippen molar-refractivity contribution < 1.29 is 4.79 Å². The van der Waals surface area contributed by atoms with E-state index in [1.165, 1.54) is 5.56 Å². The number of benzene rings is 1. The number of rotatable bonds is 1. The molecule has 1 fully saturated rings. The molecule has 0 unspecified atom stereocenters. The van der Waals surface area contributed by atoms with Crippen molar-refractivity contribution in [1.29, 1.82) is 0 Å². The molecule has 1 aliphatic heterocycles. The molecular weight excluding hydrogens is 188 g/mol. The average Bonchev–Trinajstić information content (AvgIpc) is 2.17. The van der Waals surface area contributed by atoms with Gasteiger partial charge in [-0.2, -0.15) is 0 Å². The number of aryl methyl sites for hydroxylation is 1. The number of amides is 1. The number of hydrogen-bond donors (Lipinski definition) is 2. The van der Waals surface area contributed by atoms with Crippen molar-refractivity contribution in [2.75, 3.05) is 6.54 Å². The summed E-state index contributed by atoms with van der Waals surface area (Å²) in [4.78, 5) is 11.7. The minimum absolute atomic E-state index is 0.0688. The van der Waals surface area contributed by atoms with E-state index >= 15 is 0 Å². The Balaban J connectivity index is 2.20. The van der Waals surface area contributed by atoms with Crippen molar-refractivity contribution in [2.24, 2.45) is 0 Å². The quantitative estimate of drug-likeness (QED) is 0.720. The summed E-state index contributed by atoms with van der Waals surface area (Å²) in [5.41, 5.74) is 2.22. The average molecular weight is 204 g/mol. The second-order valence-corrected chi connectivity index (χ2v) is 4.17. The van der Waals surface area contributed by atoms with E-state index in [0.717, 1.165) is 12.1 Å². The molecule has 1 saturated heterocycles. The molecule has 0 spiro atoms. The SMILES string of the molecule is Cc1cccc([C@H]2NC[C@@H](C)NC2=O)c1. The highest BCUT2D eigenvalue weighted by atomic mass is 16.2. The van der Waals surface area contributed by atoms with Gasteiger partial charge in [-0.25, -0.2) is 0 Å². The summed E-state index contributed by atoms with van der Waals surface area (Å²) in [7, 11) is 0. The predicted molar refractivity (Wildman–Crippen MR) is 59.5 cm³/mol. The largest absolute Gasteiger partial charge is 0.351 e. The van der Waals surface area contributed by atoms with Crippen LogP contribution in [-0.2, 0) is 4.79 Å². The van der Waals surface area contributed by atoms with Gasteiger partial charge in [-0.1, -0.05) is 29.8 Å². The molecule has 1 aromatic carbocycles. The van der Waals surface area contributed by atoms with Gasteiger partial charge in [-0.3, -0.25) is 4.79 Å². The summed E-state index contributed by atoms with van der Waals surface area (Å²) in [5, 5.41) is 6.20. The molecule has 1 heterocycles. The number of carbonyl (C=O) groups is 1. The number of piperazine rings is 1. The highest BCUT2D eigenvalue weighted by Gasteiger charge is 2.26. The zero-order valence-electron chi connectivity index (χ0n) is 9.08. The van der Waals surface area contributed by atoms with Crippen LogP contribution in [0, 0.1) is 6.92 Å². The molecule has 3 nitrogen and oxygen atoms in total. The summed E-state index contributed by atoms with van der Waals surface area (Å²) >= 11 is 0. The van der Waals surface area contributed by atoms with Crippen LogP contribution in [0.3, 0.4) is 0 Å². The van der Waals surface area contributed by atoms with Crippen LogP contribution in [0.5, 0.6) is 0 Å². The Morgan fingerprint density at radius 1 is 1.40 bits per heavy atom. The van der Waals surface area contributed by atoms with Gasteiger partial charge < -0.3 is 10.6 Å². The van der Waals surface area contributed by atoms with Crippen LogP contribution >= 0.6 is 0 Å². The fourth-order valence-electron chi connectivity index (χ4n) is 1.88. The first-order valence-electron chi connectivity index (χ1n) is 5.27. The Kier molecular flexibility index (Phi) is 2.73. The minimum atomic E-state index is -0.193. The molecule has 1 aromatic rings. The number of nitrogens with one attached hydrogen (secondary N) is 2. The molecule has 3 heteroatoms. The molecule has 15 heavy (non-hydrogen) atoms. The summed E-state index contributed by atoms with van der Waals surface area (Å²) in [6.07, 6.45) is 0. The van der Waals surface area contributed by atoms with Crippen molar-refractivity contribution in [1.82, 2.24) is 10.6 Å². The molecule has 0 saturated carbocycles. The second kappa shape index (κ2) is 4.03. The topological polar surface area (TPSA) is 41.1 Å². The molecule has 2 rings (SSSR count). The number of hydrogen-bond acceptors (Lipinski definition) is 2. The second-order valence-electron chi connectivity index (χ2n) is 4.17. The lowest BCUT2D eigenvalue weighted by Crippen LogP contribution is -2.52. The first-order chi connectivity index (χ1) is 7.16. The van der Waals surface area contributed by atoms with Crippen LogP contribution in [0.15, 0.2) is 24.3 Å². The third-order valence-electron chi connectivity index (χ3n) is 2.65. The van der Waals surface area contributed by atoms with Gasteiger partial charge in [0.1, 0.15) is 6.04 Å². The van der Waals surface area contributed by atoms with Crippen molar-refractivity contribution in [3.05, 3.63) is 35.4 Å². The fourth-order valence-corrected chi connectivity index (χ4v) is 1.88. The molecule has 1 aliphatic rings. The Bertz CT molecular complexity index is 376. The molecule has 80 valence electrons. The highest BCUT2D eigenvalue weighted by Crippen LogP contribution is 2.16. The Hall–Kier alpha value is -1.35. The van der Waals surface area contributed by atoms with Crippen LogP contribution in [0.1, 0.15) is 24.1 Å². The van der Waals surface area contributed by atoms with Gasteiger partial charge in [0.25, 0.3) is 0 Å². The van der Waals surface area contributed by atoms with Crippen molar-refractivity contribution in [3.8, 4) is 0 Å². The predicted octanol–water partition coefficient (Wildman–Crippen LogP) is 1.14. The van der Waals surface area contributed by atoms with Crippen LogP contribution < -0.4 is 10.6 Å². The molecule has 0 radical (unpaired) electrons. The van der Waals surface area contributed by atoms with E-state index in [1.807, 2.05) is 38.1 Å². The summed E-state index contributed by atoms with van der Waals surface area (Å²) in [6, 6.07) is 8.08. The van der Waals surface area contributed by atoms with E-state index in [0.29, 0.717) is 0 Å². The molecule has 0 bridgehead atoms. The van der Waals surface area contributed by atoms with E-state index in [4.69, 9.17) is 0 Å². The molecule has 1 amide bonds. The van der Waals surface area contributed by atoms with Crippen LogP contribution in [-0.4, -0.2) is 18.5 Å². The first kappa shape index (κ1) is 10.2. The summed E-state index contributed by atoms with van der Waals surface area (Å²) in [5.74, 6) is 0.0688. The molecular formula is C12H16N2O. The zero-order valence-corrected chi connectivity index (χ0v) is 9.08. The maximum Gasteiger partial charge on any atom is 0.241 e. The standard InChI is InChI=1S/C12H16N2O/c1-8-4-3-5-10(6-8)11-12(15)14-9(2)7-13-11/h3-6,9,11,13H,7H2,1-2H3,(H,14,15)/t9-,11-/m1/s1. The Morgan fingerprint density at radius 2 is 2.20 bits per heavy atom. The van der Waals surface area contributed by atoms with Crippen molar-refractivity contribution in [2.45, 2.75) is 25.9 Å². The van der Waals surface area contributed by atoms with E-state index in [-0.39, 0.29) is 18.0 Å². The maximum absolute atomic E-state index is 11.7. The third-order valence-corrected chi connectivity index (χ3v) is 2.65. The van der Waals surface area contributed by atoms with Gasteiger partial charge in [0, 0.05) is 12.6 Å². The summed E-state index contributed by atoms with van der Waals surface area (Å²) in [6.45, 7) is 4.86. The summed E-state index contributed by atoms with van der Waals surface area (Å²) < 4.78 is 0. The van der Waals surface area contributed by atoms with Gasteiger partial charge in [-0.15, -0.1) is 0 Å². The van der Waals surface area contributed by atoms with Crippen LogP contribution in [0.4, 0.5) is 0 Å².